The van der Waals surface area contributed by atoms with E-state index in [4.69, 9.17) is 12.2 Å². The van der Waals surface area contributed by atoms with Gasteiger partial charge in [-0.25, -0.2) is 4.98 Å². The Kier molecular flexibility index (Phi) is 3.57. The number of hydrogen-bond acceptors (Lipinski definition) is 3. The number of aromatic amines is 1. The third-order valence-corrected chi connectivity index (χ3v) is 3.32. The Hall–Kier alpha value is -1.55. The third kappa shape index (κ3) is 2.48. The molecule has 0 radical (unpaired) electrons. The van der Waals surface area contributed by atoms with Crippen LogP contribution in [0.5, 0.6) is 0 Å². The average molecular weight is 259 g/mol. The first kappa shape index (κ1) is 12.9. The van der Waals surface area contributed by atoms with Gasteiger partial charge in [0, 0.05) is 28.9 Å². The zero-order valence-corrected chi connectivity index (χ0v) is 11.9. The van der Waals surface area contributed by atoms with E-state index < -0.39 is 0 Å². The van der Waals surface area contributed by atoms with E-state index in [-0.39, 0.29) is 0 Å². The lowest BCUT2D eigenvalue weighted by Crippen LogP contribution is -2.02. The second kappa shape index (κ2) is 4.98. The van der Waals surface area contributed by atoms with Crippen molar-refractivity contribution in [2.24, 2.45) is 0 Å². The van der Waals surface area contributed by atoms with Crippen LogP contribution in [0.2, 0.25) is 0 Å². The van der Waals surface area contributed by atoms with Crippen molar-refractivity contribution in [2.75, 3.05) is 0 Å². The number of H-pyrrole nitrogens is 1. The molecule has 0 fully saturated rings. The Morgan fingerprint density at radius 2 is 1.94 bits per heavy atom. The van der Waals surface area contributed by atoms with Gasteiger partial charge in [0.15, 0.2) is 0 Å². The first-order chi connectivity index (χ1) is 8.49. The lowest BCUT2D eigenvalue weighted by Gasteiger charge is -2.11. The summed E-state index contributed by atoms with van der Waals surface area (Å²) in [6.07, 6.45) is 1.87. The fourth-order valence-corrected chi connectivity index (χ4v) is 1.93. The SMILES string of the molecule is Cc1ccc(-c2[nH]c(C(C)C)nc(=S)c2C)cn1. The van der Waals surface area contributed by atoms with Crippen LogP contribution in [-0.4, -0.2) is 15.0 Å². The fourth-order valence-electron chi connectivity index (χ4n) is 1.73. The summed E-state index contributed by atoms with van der Waals surface area (Å²) in [6.45, 7) is 8.16. The van der Waals surface area contributed by atoms with Crippen LogP contribution in [0.25, 0.3) is 11.3 Å². The molecular formula is C14H17N3S. The summed E-state index contributed by atoms with van der Waals surface area (Å²) in [5.74, 6) is 1.24. The van der Waals surface area contributed by atoms with Gasteiger partial charge in [-0.15, -0.1) is 0 Å². The number of aryl methyl sites for hydroxylation is 1. The van der Waals surface area contributed by atoms with Gasteiger partial charge in [0.05, 0.1) is 5.69 Å². The summed E-state index contributed by atoms with van der Waals surface area (Å²) in [7, 11) is 0. The molecule has 0 spiro atoms. The van der Waals surface area contributed by atoms with Gasteiger partial charge < -0.3 is 4.98 Å². The molecule has 0 aliphatic carbocycles. The maximum absolute atomic E-state index is 5.32. The summed E-state index contributed by atoms with van der Waals surface area (Å²) < 4.78 is 0.660. The molecule has 4 heteroatoms. The molecule has 2 rings (SSSR count). The minimum atomic E-state index is 0.324. The van der Waals surface area contributed by atoms with Crippen LogP contribution >= 0.6 is 12.2 Å². The van der Waals surface area contributed by atoms with Gasteiger partial charge in [-0.1, -0.05) is 26.1 Å². The summed E-state index contributed by atoms with van der Waals surface area (Å²) in [4.78, 5) is 12.1. The number of nitrogens with one attached hydrogen (secondary N) is 1. The van der Waals surface area contributed by atoms with Crippen molar-refractivity contribution in [1.82, 2.24) is 15.0 Å². The highest BCUT2D eigenvalue weighted by Gasteiger charge is 2.09. The van der Waals surface area contributed by atoms with E-state index in [1.54, 1.807) is 0 Å². The van der Waals surface area contributed by atoms with Crippen LogP contribution in [-0.2, 0) is 0 Å². The molecule has 0 amide bonds. The zero-order valence-electron chi connectivity index (χ0n) is 11.1. The highest BCUT2D eigenvalue weighted by Crippen LogP contribution is 2.23. The van der Waals surface area contributed by atoms with Crippen LogP contribution in [0.4, 0.5) is 0 Å². The van der Waals surface area contributed by atoms with Crippen LogP contribution in [0.3, 0.4) is 0 Å². The van der Waals surface area contributed by atoms with Gasteiger partial charge in [-0.05, 0) is 26.0 Å². The van der Waals surface area contributed by atoms with Gasteiger partial charge in [0.2, 0.25) is 0 Å². The van der Waals surface area contributed by atoms with E-state index in [1.165, 1.54) is 0 Å². The second-order valence-corrected chi connectivity index (χ2v) is 5.16. The molecule has 0 saturated carbocycles. The number of nitrogens with zero attached hydrogens (tertiary/aromatic N) is 2. The molecule has 2 aromatic rings. The van der Waals surface area contributed by atoms with E-state index in [1.807, 2.05) is 26.1 Å². The Morgan fingerprint density at radius 3 is 2.50 bits per heavy atom. The minimum Gasteiger partial charge on any atom is -0.343 e. The monoisotopic (exact) mass is 259 g/mol. The van der Waals surface area contributed by atoms with Crippen molar-refractivity contribution in [3.63, 3.8) is 0 Å². The van der Waals surface area contributed by atoms with E-state index in [2.05, 4.69) is 34.9 Å². The van der Waals surface area contributed by atoms with Gasteiger partial charge in [-0.3, -0.25) is 4.98 Å². The predicted octanol–water partition coefficient (Wildman–Crippen LogP) is 3.94. The topological polar surface area (TPSA) is 41.6 Å². The molecular weight excluding hydrogens is 242 g/mol. The van der Waals surface area contributed by atoms with Crippen LogP contribution in [0.1, 0.15) is 36.8 Å². The molecule has 0 unspecified atom stereocenters. The molecule has 18 heavy (non-hydrogen) atoms. The third-order valence-electron chi connectivity index (χ3n) is 2.92. The molecule has 1 N–H and O–H groups in total. The summed E-state index contributed by atoms with van der Waals surface area (Å²) >= 11 is 5.32. The first-order valence-electron chi connectivity index (χ1n) is 6.03. The van der Waals surface area contributed by atoms with E-state index in [0.29, 0.717) is 10.6 Å². The number of hydrogen-bond donors (Lipinski definition) is 1. The van der Waals surface area contributed by atoms with Gasteiger partial charge in [0.25, 0.3) is 0 Å². The molecule has 0 atom stereocenters. The minimum absolute atomic E-state index is 0.324. The number of pyridine rings is 1. The molecule has 0 saturated heterocycles. The van der Waals surface area contributed by atoms with E-state index in [9.17, 15) is 0 Å². The average Bonchev–Trinajstić information content (AvgIpc) is 2.33. The van der Waals surface area contributed by atoms with Crippen molar-refractivity contribution in [2.45, 2.75) is 33.6 Å². The van der Waals surface area contributed by atoms with Gasteiger partial charge in [0.1, 0.15) is 10.5 Å². The number of aromatic nitrogens is 3. The first-order valence-corrected chi connectivity index (χ1v) is 6.43. The Bertz CT molecular complexity index is 612. The Morgan fingerprint density at radius 1 is 1.22 bits per heavy atom. The molecule has 0 aliphatic rings. The normalized spacial score (nSPS) is 10.9. The van der Waals surface area contributed by atoms with Gasteiger partial charge >= 0.3 is 0 Å². The van der Waals surface area contributed by atoms with Crippen LogP contribution in [0, 0.1) is 18.5 Å². The highest BCUT2D eigenvalue weighted by atomic mass is 32.1. The molecule has 3 nitrogen and oxygen atoms in total. The van der Waals surface area contributed by atoms with Crippen molar-refractivity contribution in [1.29, 1.82) is 0 Å². The maximum atomic E-state index is 5.32. The Labute approximate surface area is 112 Å². The van der Waals surface area contributed by atoms with Crippen LogP contribution in [0.15, 0.2) is 18.3 Å². The quantitative estimate of drug-likeness (QED) is 0.830. The van der Waals surface area contributed by atoms with Crippen molar-refractivity contribution < 1.29 is 0 Å². The van der Waals surface area contributed by atoms with E-state index >= 15 is 0 Å². The maximum Gasteiger partial charge on any atom is 0.133 e. The van der Waals surface area contributed by atoms with Crippen LogP contribution < -0.4 is 0 Å². The largest absolute Gasteiger partial charge is 0.343 e. The lowest BCUT2D eigenvalue weighted by molar-refractivity contribution is 0.770. The van der Waals surface area contributed by atoms with Crippen molar-refractivity contribution in [3.8, 4) is 11.3 Å². The van der Waals surface area contributed by atoms with Crippen molar-refractivity contribution in [3.05, 3.63) is 40.1 Å². The second-order valence-electron chi connectivity index (χ2n) is 4.77. The molecule has 0 bridgehead atoms. The molecule has 2 heterocycles. The zero-order chi connectivity index (χ0) is 13.3. The Balaban J connectivity index is 2.63. The fraction of sp³-hybridized carbons (Fsp3) is 0.357. The molecule has 0 aromatic carbocycles. The molecule has 2 aromatic heterocycles. The lowest BCUT2D eigenvalue weighted by atomic mass is 10.1. The van der Waals surface area contributed by atoms with Gasteiger partial charge in [-0.2, -0.15) is 0 Å². The highest BCUT2D eigenvalue weighted by molar-refractivity contribution is 7.71. The van der Waals surface area contributed by atoms with Crippen molar-refractivity contribution >= 4 is 12.2 Å². The smallest absolute Gasteiger partial charge is 0.133 e. The summed E-state index contributed by atoms with van der Waals surface area (Å²) in [5.41, 5.74) is 4.08. The predicted molar refractivity (Wildman–Crippen MR) is 76.2 cm³/mol. The standard InChI is InChI=1S/C14H17N3S/c1-8(2)13-16-12(10(4)14(18)17-13)11-6-5-9(3)15-7-11/h5-8H,1-4H3,(H,16,17,18). The number of rotatable bonds is 2. The summed E-state index contributed by atoms with van der Waals surface area (Å²) in [6, 6.07) is 4.06. The molecule has 94 valence electrons. The summed E-state index contributed by atoms with van der Waals surface area (Å²) in [5, 5.41) is 0. The van der Waals surface area contributed by atoms with E-state index in [0.717, 1.165) is 28.3 Å². The molecule has 0 aliphatic heterocycles.